The van der Waals surface area contributed by atoms with Crippen molar-refractivity contribution < 1.29 is 5.73 Å². The van der Waals surface area contributed by atoms with Gasteiger partial charge in [0.1, 0.15) is 0 Å². The Kier molecular flexibility index (Phi) is 6.49. The zero-order valence-corrected chi connectivity index (χ0v) is 8.23. The van der Waals surface area contributed by atoms with Crippen molar-refractivity contribution in [3.05, 3.63) is 0 Å². The number of hydrogen-bond acceptors (Lipinski definition) is 0. The second-order valence-corrected chi connectivity index (χ2v) is 3.87. The second-order valence-electron chi connectivity index (χ2n) is 1.67. The van der Waals surface area contributed by atoms with Crippen molar-refractivity contribution in [2.75, 3.05) is 0 Å². The number of unbranched alkanes of at least 4 members (excludes halogenated alkanes) is 2. The first-order valence-corrected chi connectivity index (χ1v) is 6.52. The van der Waals surface area contributed by atoms with Gasteiger partial charge in [0.05, 0.1) is 0 Å². The van der Waals surface area contributed by atoms with E-state index in [1.165, 1.54) is 0 Å². The van der Waals surface area contributed by atoms with Gasteiger partial charge in [0.15, 0.2) is 0 Å². The van der Waals surface area contributed by atoms with E-state index >= 15 is 0 Å². The van der Waals surface area contributed by atoms with Gasteiger partial charge < -0.3 is 0 Å². The van der Waals surface area contributed by atoms with E-state index in [1.807, 2.05) is 10.9 Å². The Hall–Kier alpha value is 0.219. The molecule has 0 saturated heterocycles. The average molecular weight is 238 g/mol. The monoisotopic (exact) mass is 239 g/mol. The van der Waals surface area contributed by atoms with Gasteiger partial charge in [0.2, 0.25) is 0 Å². The van der Waals surface area contributed by atoms with Crippen LogP contribution in [0.25, 0.3) is 0 Å². The number of halogens is 2. The van der Waals surface area contributed by atoms with E-state index < -0.39 is 20.9 Å². The van der Waals surface area contributed by atoms with Gasteiger partial charge in [-0.2, -0.15) is 0 Å². The first kappa shape index (κ1) is 9.22. The summed E-state index contributed by atoms with van der Waals surface area (Å²) < 4.78 is 25.0. The van der Waals surface area contributed by atoms with Gasteiger partial charge in [-0.05, 0) is 0 Å². The van der Waals surface area contributed by atoms with E-state index in [0.29, 0.717) is 6.42 Å². The molecule has 0 atom stereocenters. The molecule has 0 rings (SSSR count). The molecule has 0 nitrogen and oxygen atoms in total. The van der Waals surface area contributed by atoms with Gasteiger partial charge in [-0.3, -0.25) is 0 Å². The molecule has 0 saturated carbocycles. The fourth-order valence-corrected chi connectivity index (χ4v) is 1.13. The van der Waals surface area contributed by atoms with Crippen molar-refractivity contribution in [3.8, 4) is 9.86 Å². The van der Waals surface area contributed by atoms with E-state index in [4.69, 9.17) is 0 Å². The average Bonchev–Trinajstić information content (AvgIpc) is 1.80. The van der Waals surface area contributed by atoms with E-state index in [2.05, 4.69) is 5.92 Å². The fourth-order valence-electron chi connectivity index (χ4n) is 0.394. The number of rotatable bonds is 2. The van der Waals surface area contributed by atoms with Crippen LogP contribution in [0.4, 0.5) is 5.73 Å². The zero-order chi connectivity index (χ0) is 7.11. The van der Waals surface area contributed by atoms with Gasteiger partial charge in [0, 0.05) is 0 Å². The molecule has 0 aromatic rings. The van der Waals surface area contributed by atoms with Crippen molar-refractivity contribution >= 4 is 20.9 Å². The first-order chi connectivity index (χ1) is 4.27. The molecule has 50 valence electrons. The van der Waals surface area contributed by atoms with Crippen LogP contribution in [0.5, 0.6) is 0 Å². The molecule has 0 aromatic heterocycles. The van der Waals surface area contributed by atoms with Crippen LogP contribution in [0.2, 0.25) is 0 Å². The number of hydrogen-bond donors (Lipinski definition) is 0. The molecule has 9 heavy (non-hydrogen) atoms. The van der Waals surface area contributed by atoms with Crippen LogP contribution in [-0.4, -0.2) is 20.9 Å². The Bertz CT molecular complexity index is 112. The van der Waals surface area contributed by atoms with Gasteiger partial charge in [-0.1, -0.05) is 0 Å². The predicted octanol–water partition coefficient (Wildman–Crippen LogP) is 2.15. The van der Waals surface area contributed by atoms with E-state index in [1.54, 1.807) is 0 Å². The van der Waals surface area contributed by atoms with Crippen molar-refractivity contribution in [1.82, 2.24) is 0 Å². The van der Waals surface area contributed by atoms with Crippen LogP contribution in [0, 0.1) is 9.86 Å². The summed E-state index contributed by atoms with van der Waals surface area (Å²) in [5, 5.41) is 0. The summed E-state index contributed by atoms with van der Waals surface area (Å²) in [6.45, 7) is 2.02. The Balaban J connectivity index is 3.16. The first-order valence-electron chi connectivity index (χ1n) is 2.94. The van der Waals surface area contributed by atoms with Crippen LogP contribution >= 0.6 is 0 Å². The summed E-state index contributed by atoms with van der Waals surface area (Å²) in [4.78, 5) is 0. The third-order valence-electron chi connectivity index (χ3n) is 0.838. The molecule has 0 aliphatic heterocycles. The topological polar surface area (TPSA) is 0 Å². The Morgan fingerprint density at radius 1 is 1.44 bits per heavy atom. The van der Waals surface area contributed by atoms with Crippen LogP contribution in [-0.2, 0) is 0 Å². The van der Waals surface area contributed by atoms with Crippen LogP contribution in [0.3, 0.4) is 0 Å². The van der Waals surface area contributed by atoms with Gasteiger partial charge >= 0.3 is 62.7 Å². The van der Waals surface area contributed by atoms with Crippen LogP contribution in [0.15, 0.2) is 0 Å². The molecular weight excluding hydrogens is 229 g/mol. The Labute approximate surface area is 62.9 Å². The molecule has 0 bridgehead atoms. The molecule has 0 aliphatic rings. The van der Waals surface area contributed by atoms with Crippen molar-refractivity contribution in [1.29, 1.82) is 0 Å². The molecule has 0 fully saturated rings. The quantitative estimate of drug-likeness (QED) is 0.392. The molecule has 0 heterocycles. The van der Waals surface area contributed by atoms with Crippen LogP contribution < -0.4 is 0 Å². The SMILES string of the molecule is CCCCC#[C][Sn+]([F])[F]. The third kappa shape index (κ3) is 8.22. The van der Waals surface area contributed by atoms with Gasteiger partial charge in [0.25, 0.3) is 0 Å². The fraction of sp³-hybridized carbons (Fsp3) is 0.667. The minimum atomic E-state index is -4.04. The van der Waals surface area contributed by atoms with Crippen LogP contribution in [0.1, 0.15) is 26.2 Å². The van der Waals surface area contributed by atoms with Crippen molar-refractivity contribution in [2.45, 2.75) is 26.2 Å². The van der Waals surface area contributed by atoms with Crippen molar-refractivity contribution in [3.63, 3.8) is 0 Å². The summed E-state index contributed by atoms with van der Waals surface area (Å²) in [6.07, 6.45) is 2.63. The van der Waals surface area contributed by atoms with E-state index in [0.717, 1.165) is 12.8 Å². The zero-order valence-electron chi connectivity index (χ0n) is 5.38. The van der Waals surface area contributed by atoms with E-state index in [-0.39, 0.29) is 0 Å². The summed E-state index contributed by atoms with van der Waals surface area (Å²) in [5.41, 5.74) is 0. The maximum atomic E-state index is 11.5. The Morgan fingerprint density at radius 2 is 2.11 bits per heavy atom. The molecule has 0 spiro atoms. The predicted molar refractivity (Wildman–Crippen MR) is 35.3 cm³/mol. The molecular formula is C6H9F2Sn+. The molecule has 0 aliphatic carbocycles. The normalized spacial score (nSPS) is 7.89. The van der Waals surface area contributed by atoms with Crippen molar-refractivity contribution in [2.24, 2.45) is 0 Å². The standard InChI is InChI=1S/C6H9.2FH.Sn/c1-3-5-6-4-2;;;/h3,5-6H2,1H3;2*1H;/q;;;+3/p-2. The molecule has 0 amide bonds. The van der Waals surface area contributed by atoms with E-state index in [9.17, 15) is 5.73 Å². The molecule has 0 aromatic carbocycles. The molecule has 3 heteroatoms. The van der Waals surface area contributed by atoms with Gasteiger partial charge in [-0.25, -0.2) is 0 Å². The summed E-state index contributed by atoms with van der Waals surface area (Å²) in [6, 6.07) is 0. The maximum absolute atomic E-state index is 11.5. The molecule has 0 unspecified atom stereocenters. The minimum absolute atomic E-state index is 0.647. The summed E-state index contributed by atoms with van der Waals surface area (Å²) in [7, 11) is 0. The summed E-state index contributed by atoms with van der Waals surface area (Å²) in [5.74, 6) is 2.47. The second kappa shape index (κ2) is 6.34. The molecule has 0 N–H and O–H groups in total. The summed E-state index contributed by atoms with van der Waals surface area (Å²) >= 11 is -4.04. The molecule has 0 radical (unpaired) electrons. The van der Waals surface area contributed by atoms with Gasteiger partial charge in [-0.15, -0.1) is 0 Å². The third-order valence-corrected chi connectivity index (χ3v) is 1.88. The Morgan fingerprint density at radius 3 is 2.56 bits per heavy atom.